The summed E-state index contributed by atoms with van der Waals surface area (Å²) < 4.78 is 29.2. The van der Waals surface area contributed by atoms with Crippen molar-refractivity contribution < 1.29 is 23.6 Å². The maximum atomic E-state index is 13.5. The van der Waals surface area contributed by atoms with E-state index >= 15 is 0 Å². The number of carbonyl (C=O) groups excluding carboxylic acids is 1. The lowest BCUT2D eigenvalue weighted by atomic mass is 9.58. The average Bonchev–Trinajstić information content (AvgIpc) is 3.23. The van der Waals surface area contributed by atoms with Gasteiger partial charge in [0.1, 0.15) is 16.7 Å². The zero-order chi connectivity index (χ0) is 35.3. The molecule has 10 heteroatoms. The number of likely N-dealkylation sites (N-methyl/N-ethyl adjacent to an activating group) is 1. The second-order valence-corrected chi connectivity index (χ2v) is 17.4. The number of amides is 1. The van der Waals surface area contributed by atoms with Crippen molar-refractivity contribution in [2.75, 3.05) is 58.5 Å². The van der Waals surface area contributed by atoms with Gasteiger partial charge in [0.15, 0.2) is 0 Å². The van der Waals surface area contributed by atoms with Gasteiger partial charge in [0, 0.05) is 29.6 Å². The predicted molar refractivity (Wildman–Crippen MR) is 200 cm³/mol. The number of halogens is 1. The van der Waals surface area contributed by atoms with E-state index in [1.807, 2.05) is 44.1 Å². The van der Waals surface area contributed by atoms with Gasteiger partial charge in [-0.25, -0.2) is 4.21 Å². The minimum Gasteiger partial charge on any atom is -0.491 e. The van der Waals surface area contributed by atoms with Crippen LogP contribution in [0.5, 0.6) is 5.75 Å². The fraction of sp³-hybridized carbons (Fsp3) is 0.667. The average molecular weight is 716 g/mol. The zero-order valence-electron chi connectivity index (χ0n) is 30.4. The van der Waals surface area contributed by atoms with Crippen LogP contribution >= 0.6 is 11.6 Å². The van der Waals surface area contributed by atoms with E-state index in [4.69, 9.17) is 21.1 Å². The number of hydrogen-bond acceptors (Lipinski definition) is 7. The Bertz CT molecular complexity index is 1460. The molecule has 1 amide bonds. The highest BCUT2D eigenvalue weighted by Gasteiger charge is 2.46. The first-order chi connectivity index (χ1) is 23.4. The normalized spacial score (nSPS) is 30.1. The van der Waals surface area contributed by atoms with Crippen LogP contribution in [0.15, 0.2) is 36.4 Å². The summed E-state index contributed by atoms with van der Waals surface area (Å²) in [5, 5.41) is 10.5. The third-order valence-electron chi connectivity index (χ3n) is 11.7. The predicted octanol–water partition coefficient (Wildman–Crippen LogP) is 6.85. The van der Waals surface area contributed by atoms with Crippen molar-refractivity contribution in [3.05, 3.63) is 58.1 Å². The minimum absolute atomic E-state index is 0.0387. The van der Waals surface area contributed by atoms with Gasteiger partial charge in [-0.05, 0) is 118 Å². The van der Waals surface area contributed by atoms with Gasteiger partial charge in [0.05, 0.1) is 43.4 Å². The Labute approximate surface area is 301 Å². The number of ether oxygens (including phenoxy) is 2. The van der Waals surface area contributed by atoms with Crippen molar-refractivity contribution >= 4 is 34.2 Å². The molecule has 0 saturated heterocycles. The summed E-state index contributed by atoms with van der Waals surface area (Å²) in [5.74, 6) is 1.69. The van der Waals surface area contributed by atoms with Gasteiger partial charge >= 0.3 is 0 Å². The van der Waals surface area contributed by atoms with E-state index in [1.54, 1.807) is 6.07 Å². The van der Waals surface area contributed by atoms with E-state index in [1.165, 1.54) is 11.1 Å². The largest absolute Gasteiger partial charge is 0.491 e. The highest BCUT2D eigenvalue weighted by Crippen LogP contribution is 2.51. The van der Waals surface area contributed by atoms with Gasteiger partial charge in [-0.15, -0.1) is 0 Å². The number of nitrogens with one attached hydrogen (secondary N) is 1. The van der Waals surface area contributed by atoms with Crippen LogP contribution < -0.4 is 14.4 Å². The Kier molecular flexibility index (Phi) is 13.1. The molecular weight excluding hydrogens is 658 g/mol. The lowest BCUT2D eigenvalue weighted by molar-refractivity contribution is -0.0591. The third-order valence-corrected chi connectivity index (χ3v) is 13.5. The van der Waals surface area contributed by atoms with Gasteiger partial charge < -0.3 is 24.4 Å². The molecule has 7 unspecified atom stereocenters. The number of fused-ring (bicyclic) bond motifs is 2. The first-order valence-electron chi connectivity index (χ1n) is 18.3. The van der Waals surface area contributed by atoms with Crippen molar-refractivity contribution in [1.29, 1.82) is 0 Å². The maximum Gasteiger partial charge on any atom is 0.263 e. The van der Waals surface area contributed by atoms with Crippen LogP contribution in [0.2, 0.25) is 5.02 Å². The van der Waals surface area contributed by atoms with Crippen molar-refractivity contribution in [2.45, 2.75) is 89.9 Å². The van der Waals surface area contributed by atoms with Gasteiger partial charge in [0.25, 0.3) is 5.91 Å². The molecule has 0 radical (unpaired) electrons. The molecule has 2 aliphatic heterocycles. The quantitative estimate of drug-likeness (QED) is 0.294. The molecule has 3 aliphatic rings. The second-order valence-electron chi connectivity index (χ2n) is 15.4. The molecule has 8 atom stereocenters. The second kappa shape index (κ2) is 16.9. The van der Waals surface area contributed by atoms with E-state index in [-0.39, 0.29) is 41.1 Å². The summed E-state index contributed by atoms with van der Waals surface area (Å²) in [6.07, 6.45) is 7.20. The molecular formula is C39H58ClN3O5S. The summed E-state index contributed by atoms with van der Waals surface area (Å²) in [7, 11) is 2.44. The molecule has 1 aliphatic carbocycles. The fourth-order valence-corrected chi connectivity index (χ4v) is 9.36. The number of anilines is 1. The van der Waals surface area contributed by atoms with Crippen molar-refractivity contribution in [3.63, 3.8) is 0 Å². The van der Waals surface area contributed by atoms with Crippen LogP contribution in [0, 0.1) is 23.2 Å². The molecule has 0 aromatic heterocycles. The molecule has 1 fully saturated rings. The van der Waals surface area contributed by atoms with E-state index in [2.05, 4.69) is 42.5 Å². The summed E-state index contributed by atoms with van der Waals surface area (Å²) in [5.41, 5.74) is 3.90. The molecule has 2 aromatic rings. The van der Waals surface area contributed by atoms with Gasteiger partial charge in [-0.3, -0.25) is 9.52 Å². The number of hydrogen-bond donors (Lipinski definition) is 2. The maximum absolute atomic E-state index is 13.5. The number of aryl methyl sites for hydroxylation is 1. The highest BCUT2D eigenvalue weighted by atomic mass is 35.5. The van der Waals surface area contributed by atoms with Crippen LogP contribution in [0.3, 0.4) is 0 Å². The number of aliphatic hydroxyl groups is 1. The third kappa shape index (κ3) is 9.01. The molecule has 2 bridgehead atoms. The van der Waals surface area contributed by atoms with Crippen molar-refractivity contribution in [2.24, 2.45) is 23.2 Å². The standard InChI is InChI=1S/C39H58ClN3O5S/c1-7-9-28-18-32(40)13-14-34(28)31-21-43-20-30-11-15-35(30)39(4,25-47-24-33(22-44)42(5)6)17-8-10-26(2)27(3)49(46)41-38(45)29-12-16-37(48-23-31)36(43)19-29/h12-14,16,18-19,26-27,30-31,33,35,44H,7-11,15,17,20-25H2,1-6H3,(H,41,45)/t26?,27?,30?,31?,33?,35?,39-,49?/m1/s1. The van der Waals surface area contributed by atoms with Crippen LogP contribution in [0.1, 0.15) is 93.6 Å². The molecule has 49 heavy (non-hydrogen) atoms. The molecule has 2 heterocycles. The summed E-state index contributed by atoms with van der Waals surface area (Å²) in [6.45, 7) is 12.0. The number of benzene rings is 2. The Morgan fingerprint density at radius 1 is 1.16 bits per heavy atom. The Morgan fingerprint density at radius 2 is 1.96 bits per heavy atom. The number of aliphatic hydroxyl groups excluding tert-OH is 1. The Hall–Kier alpha value is -2.17. The van der Waals surface area contributed by atoms with Crippen LogP contribution in [0.25, 0.3) is 0 Å². The van der Waals surface area contributed by atoms with Crippen LogP contribution in [-0.2, 0) is 22.1 Å². The van der Waals surface area contributed by atoms with Crippen LogP contribution in [-0.4, -0.2) is 85.0 Å². The summed E-state index contributed by atoms with van der Waals surface area (Å²) >= 11 is 6.47. The summed E-state index contributed by atoms with van der Waals surface area (Å²) in [6, 6.07) is 11.8. The van der Waals surface area contributed by atoms with E-state index in [0.717, 1.165) is 74.5 Å². The van der Waals surface area contributed by atoms with E-state index in [0.29, 0.717) is 37.2 Å². The number of rotatable bonds is 9. The zero-order valence-corrected chi connectivity index (χ0v) is 32.0. The Morgan fingerprint density at radius 3 is 2.65 bits per heavy atom. The molecule has 1 saturated carbocycles. The lowest BCUT2D eigenvalue weighted by Gasteiger charge is -2.50. The van der Waals surface area contributed by atoms with Crippen molar-refractivity contribution in [3.8, 4) is 5.75 Å². The molecule has 0 spiro atoms. The number of carbonyl (C=O) groups is 1. The minimum atomic E-state index is -1.51. The van der Waals surface area contributed by atoms with Gasteiger partial charge in [-0.1, -0.05) is 51.3 Å². The first kappa shape index (κ1) is 38.1. The Balaban J connectivity index is 1.50. The molecule has 2 N–H and O–H groups in total. The molecule has 5 rings (SSSR count). The fourth-order valence-electron chi connectivity index (χ4n) is 8.12. The van der Waals surface area contributed by atoms with Crippen molar-refractivity contribution in [1.82, 2.24) is 9.62 Å². The SMILES string of the molecule is CCCc1cc(Cl)ccc1C1COc2ccc3cc2N(C1)CC1CCC1[C@@](C)(COCC(CO)N(C)C)CCCC(C)C(C)S(=O)NC3=O. The topological polar surface area (TPSA) is 91.3 Å². The smallest absolute Gasteiger partial charge is 0.263 e. The van der Waals surface area contributed by atoms with E-state index < -0.39 is 11.0 Å². The molecule has 2 aromatic carbocycles. The number of nitrogens with zero attached hydrogens (tertiary/aromatic N) is 2. The molecule has 272 valence electrons. The summed E-state index contributed by atoms with van der Waals surface area (Å²) in [4.78, 5) is 18.0. The lowest BCUT2D eigenvalue weighted by Crippen LogP contribution is -2.48. The van der Waals surface area contributed by atoms with Gasteiger partial charge in [-0.2, -0.15) is 0 Å². The van der Waals surface area contributed by atoms with Gasteiger partial charge in [0.2, 0.25) is 0 Å². The van der Waals surface area contributed by atoms with Crippen LogP contribution in [0.4, 0.5) is 5.69 Å². The molecule has 8 nitrogen and oxygen atoms in total. The first-order valence-corrected chi connectivity index (χ1v) is 19.9. The van der Waals surface area contributed by atoms with E-state index in [9.17, 15) is 14.1 Å². The monoisotopic (exact) mass is 715 g/mol. The highest BCUT2D eigenvalue weighted by molar-refractivity contribution is 7.84.